The number of pyridine rings is 1. The van der Waals surface area contributed by atoms with Gasteiger partial charge in [-0.1, -0.05) is 0 Å². The van der Waals surface area contributed by atoms with E-state index < -0.39 is 0 Å². The smallest absolute Gasteiger partial charge is 0.255 e. The molecule has 3 nitrogen and oxygen atoms in total. The largest absolute Gasteiger partial charge is 0.508 e. The maximum atomic E-state index is 11.6. The molecule has 0 aliphatic heterocycles. The van der Waals surface area contributed by atoms with Gasteiger partial charge in [-0.05, 0) is 42.8 Å². The van der Waals surface area contributed by atoms with Gasteiger partial charge in [0.2, 0.25) is 0 Å². The average molecular weight is 201 g/mol. The Bertz CT molecular complexity index is 526. The molecule has 0 saturated carbocycles. The minimum Gasteiger partial charge on any atom is -0.508 e. The van der Waals surface area contributed by atoms with Gasteiger partial charge >= 0.3 is 0 Å². The van der Waals surface area contributed by atoms with Gasteiger partial charge in [0.05, 0.1) is 0 Å². The first-order valence-corrected chi connectivity index (χ1v) is 4.65. The predicted molar refractivity (Wildman–Crippen MR) is 58.4 cm³/mol. The van der Waals surface area contributed by atoms with Gasteiger partial charge in [-0.25, -0.2) is 0 Å². The first kappa shape index (κ1) is 9.52. The highest BCUT2D eigenvalue weighted by atomic mass is 16.3. The normalized spacial score (nSPS) is 10.2. The Balaban J connectivity index is 2.55. The summed E-state index contributed by atoms with van der Waals surface area (Å²) in [5.41, 5.74) is 1.62. The van der Waals surface area contributed by atoms with Crippen LogP contribution in [0.15, 0.2) is 47.4 Å². The van der Waals surface area contributed by atoms with Crippen molar-refractivity contribution in [2.24, 2.45) is 0 Å². The Morgan fingerprint density at radius 3 is 2.40 bits per heavy atom. The molecule has 1 aromatic heterocycles. The van der Waals surface area contributed by atoms with Crippen molar-refractivity contribution in [3.8, 4) is 11.4 Å². The Hall–Kier alpha value is -2.03. The van der Waals surface area contributed by atoms with Gasteiger partial charge in [0.15, 0.2) is 0 Å². The molecular formula is C12H11NO2. The number of phenolic OH excluding ortho intramolecular Hbond substituents is 1. The lowest BCUT2D eigenvalue weighted by atomic mass is 10.2. The van der Waals surface area contributed by atoms with Gasteiger partial charge < -0.3 is 5.11 Å². The number of hydrogen-bond acceptors (Lipinski definition) is 2. The molecule has 1 N–H and O–H groups in total. The molecule has 1 aromatic carbocycles. The standard InChI is InChI=1S/C12H11NO2/c1-9-6-7-13(12(15)8-9)10-2-4-11(14)5-3-10/h2-8,14H,1H3. The van der Waals surface area contributed by atoms with Gasteiger partial charge in [-0.3, -0.25) is 9.36 Å². The van der Waals surface area contributed by atoms with Crippen LogP contribution in [0.2, 0.25) is 0 Å². The molecule has 2 aromatic rings. The average Bonchev–Trinajstić information content (AvgIpc) is 2.20. The molecule has 0 atom stereocenters. The summed E-state index contributed by atoms with van der Waals surface area (Å²) in [6.07, 6.45) is 1.73. The fraction of sp³-hybridized carbons (Fsp3) is 0.0833. The fourth-order valence-corrected chi connectivity index (χ4v) is 1.40. The second kappa shape index (κ2) is 3.61. The molecule has 0 bridgehead atoms. The lowest BCUT2D eigenvalue weighted by Gasteiger charge is -2.05. The van der Waals surface area contributed by atoms with Crippen molar-refractivity contribution in [3.05, 3.63) is 58.5 Å². The van der Waals surface area contributed by atoms with E-state index in [0.29, 0.717) is 0 Å². The fourth-order valence-electron chi connectivity index (χ4n) is 1.40. The maximum absolute atomic E-state index is 11.6. The zero-order valence-electron chi connectivity index (χ0n) is 8.34. The lowest BCUT2D eigenvalue weighted by molar-refractivity contribution is 0.475. The van der Waals surface area contributed by atoms with Crippen molar-refractivity contribution in [1.29, 1.82) is 0 Å². The summed E-state index contributed by atoms with van der Waals surface area (Å²) in [6, 6.07) is 9.96. The molecule has 0 saturated heterocycles. The van der Waals surface area contributed by atoms with Crippen LogP contribution in [0.5, 0.6) is 5.75 Å². The Morgan fingerprint density at radius 2 is 1.80 bits per heavy atom. The summed E-state index contributed by atoms with van der Waals surface area (Å²) in [5.74, 6) is 0.193. The quantitative estimate of drug-likeness (QED) is 0.765. The second-order valence-electron chi connectivity index (χ2n) is 3.43. The van der Waals surface area contributed by atoms with Gasteiger partial charge in [0.25, 0.3) is 5.56 Å². The molecule has 1 heterocycles. The highest BCUT2D eigenvalue weighted by molar-refractivity contribution is 5.37. The van der Waals surface area contributed by atoms with Crippen LogP contribution in [-0.2, 0) is 0 Å². The summed E-state index contributed by atoms with van der Waals surface area (Å²) in [4.78, 5) is 11.6. The van der Waals surface area contributed by atoms with E-state index in [1.165, 1.54) is 4.57 Å². The van der Waals surface area contributed by atoms with Crippen LogP contribution in [0.25, 0.3) is 5.69 Å². The summed E-state index contributed by atoms with van der Waals surface area (Å²) < 4.78 is 1.53. The molecule has 0 fully saturated rings. The van der Waals surface area contributed by atoms with Crippen molar-refractivity contribution in [1.82, 2.24) is 4.57 Å². The highest BCUT2D eigenvalue weighted by Crippen LogP contribution is 2.12. The first-order chi connectivity index (χ1) is 7.16. The maximum Gasteiger partial charge on any atom is 0.255 e. The van der Waals surface area contributed by atoms with E-state index in [9.17, 15) is 4.79 Å². The van der Waals surface area contributed by atoms with Gasteiger partial charge in [-0.15, -0.1) is 0 Å². The van der Waals surface area contributed by atoms with Crippen molar-refractivity contribution in [2.45, 2.75) is 6.92 Å². The number of hydrogen-bond donors (Lipinski definition) is 1. The summed E-state index contributed by atoms with van der Waals surface area (Å²) in [7, 11) is 0. The molecule has 0 aliphatic rings. The Morgan fingerprint density at radius 1 is 1.13 bits per heavy atom. The highest BCUT2D eigenvalue weighted by Gasteiger charge is 1.98. The van der Waals surface area contributed by atoms with Crippen LogP contribution < -0.4 is 5.56 Å². The third-order valence-electron chi connectivity index (χ3n) is 2.20. The van der Waals surface area contributed by atoms with E-state index in [2.05, 4.69) is 0 Å². The SMILES string of the molecule is Cc1ccn(-c2ccc(O)cc2)c(=O)c1. The third kappa shape index (κ3) is 1.91. The van der Waals surface area contributed by atoms with E-state index in [1.807, 2.05) is 13.0 Å². The van der Waals surface area contributed by atoms with Crippen molar-refractivity contribution < 1.29 is 5.11 Å². The molecular weight excluding hydrogens is 190 g/mol. The monoisotopic (exact) mass is 201 g/mol. The van der Waals surface area contributed by atoms with Gasteiger partial charge in [0, 0.05) is 18.0 Å². The minimum absolute atomic E-state index is 0.0688. The number of aromatic nitrogens is 1. The number of phenols is 1. The predicted octanol–water partition coefficient (Wildman–Crippen LogP) is 1.85. The molecule has 0 radical (unpaired) electrons. The molecule has 76 valence electrons. The number of aromatic hydroxyl groups is 1. The lowest BCUT2D eigenvalue weighted by Crippen LogP contribution is -2.16. The van der Waals surface area contributed by atoms with Crippen molar-refractivity contribution >= 4 is 0 Å². The van der Waals surface area contributed by atoms with Crippen LogP contribution in [0, 0.1) is 6.92 Å². The van der Waals surface area contributed by atoms with Crippen molar-refractivity contribution in [2.75, 3.05) is 0 Å². The third-order valence-corrected chi connectivity index (χ3v) is 2.20. The molecule has 3 heteroatoms. The van der Waals surface area contributed by atoms with Crippen LogP contribution in [0.4, 0.5) is 0 Å². The molecule has 15 heavy (non-hydrogen) atoms. The van der Waals surface area contributed by atoms with Crippen LogP contribution in [-0.4, -0.2) is 9.67 Å². The summed E-state index contributed by atoms with van der Waals surface area (Å²) in [5, 5.41) is 9.13. The number of nitrogens with zero attached hydrogens (tertiary/aromatic N) is 1. The number of benzene rings is 1. The second-order valence-corrected chi connectivity index (χ2v) is 3.43. The summed E-state index contributed by atoms with van der Waals surface area (Å²) >= 11 is 0. The van der Waals surface area contributed by atoms with Crippen LogP contribution in [0.3, 0.4) is 0 Å². The molecule has 0 spiro atoms. The van der Waals surface area contributed by atoms with Crippen LogP contribution in [0.1, 0.15) is 5.56 Å². The van der Waals surface area contributed by atoms with E-state index in [0.717, 1.165) is 11.3 Å². The molecule has 2 rings (SSSR count). The number of rotatable bonds is 1. The molecule has 0 aliphatic carbocycles. The molecule has 0 unspecified atom stereocenters. The Labute approximate surface area is 87.2 Å². The topological polar surface area (TPSA) is 42.2 Å². The van der Waals surface area contributed by atoms with Crippen molar-refractivity contribution in [3.63, 3.8) is 0 Å². The van der Waals surface area contributed by atoms with Crippen LogP contribution >= 0.6 is 0 Å². The van der Waals surface area contributed by atoms with E-state index >= 15 is 0 Å². The van der Waals surface area contributed by atoms with E-state index in [1.54, 1.807) is 36.5 Å². The zero-order valence-corrected chi connectivity index (χ0v) is 8.34. The number of aryl methyl sites for hydroxylation is 1. The summed E-state index contributed by atoms with van der Waals surface area (Å²) in [6.45, 7) is 1.88. The van der Waals surface area contributed by atoms with E-state index in [-0.39, 0.29) is 11.3 Å². The zero-order chi connectivity index (χ0) is 10.8. The first-order valence-electron chi connectivity index (χ1n) is 4.65. The molecule has 0 amide bonds. The van der Waals surface area contributed by atoms with E-state index in [4.69, 9.17) is 5.11 Å². The minimum atomic E-state index is -0.0688. The van der Waals surface area contributed by atoms with Gasteiger partial charge in [-0.2, -0.15) is 0 Å². The Kier molecular flexibility index (Phi) is 2.29. The van der Waals surface area contributed by atoms with Gasteiger partial charge in [0.1, 0.15) is 5.75 Å².